The van der Waals surface area contributed by atoms with Gasteiger partial charge in [0, 0.05) is 36.1 Å². The van der Waals surface area contributed by atoms with Crippen LogP contribution >= 0.6 is 0 Å². The molecule has 0 saturated carbocycles. The lowest BCUT2D eigenvalue weighted by Crippen LogP contribution is -2.36. The molecule has 1 aromatic heterocycles. The van der Waals surface area contributed by atoms with Gasteiger partial charge in [-0.25, -0.2) is 0 Å². The second kappa shape index (κ2) is 6.49. The van der Waals surface area contributed by atoms with Crippen molar-refractivity contribution in [2.24, 2.45) is 0 Å². The summed E-state index contributed by atoms with van der Waals surface area (Å²) in [5.41, 5.74) is 5.29. The number of aromatic nitrogens is 1. The van der Waals surface area contributed by atoms with Crippen molar-refractivity contribution in [3.05, 3.63) is 65.4 Å². The summed E-state index contributed by atoms with van der Waals surface area (Å²) in [6.45, 7) is 3.24. The van der Waals surface area contributed by atoms with E-state index in [9.17, 15) is 4.79 Å². The highest BCUT2D eigenvalue weighted by molar-refractivity contribution is 5.81. The van der Waals surface area contributed by atoms with Crippen LogP contribution in [0.4, 0.5) is 5.69 Å². The first-order valence-corrected chi connectivity index (χ1v) is 8.30. The second-order valence-corrected chi connectivity index (χ2v) is 6.18. The van der Waals surface area contributed by atoms with Crippen molar-refractivity contribution in [1.82, 2.24) is 4.98 Å². The number of hydrogen-bond donors (Lipinski definition) is 1. The van der Waals surface area contributed by atoms with Crippen molar-refractivity contribution >= 4 is 22.9 Å². The monoisotopic (exact) mass is 320 g/mol. The summed E-state index contributed by atoms with van der Waals surface area (Å²) >= 11 is 0. The predicted molar refractivity (Wildman–Crippen MR) is 96.0 cm³/mol. The zero-order chi connectivity index (χ0) is 16.4. The summed E-state index contributed by atoms with van der Waals surface area (Å²) in [6.07, 6.45) is 3.68. The number of anilines is 1. The number of H-pyrrole nitrogens is 1. The van der Waals surface area contributed by atoms with E-state index in [2.05, 4.69) is 46.3 Å². The predicted octanol–water partition coefficient (Wildman–Crippen LogP) is 3.41. The number of rotatable bonds is 4. The van der Waals surface area contributed by atoms with E-state index in [0.717, 1.165) is 61.3 Å². The Morgan fingerprint density at radius 2 is 1.96 bits per heavy atom. The third-order valence-corrected chi connectivity index (χ3v) is 4.64. The highest BCUT2D eigenvalue weighted by Crippen LogP contribution is 2.23. The van der Waals surface area contributed by atoms with Gasteiger partial charge in [0.25, 0.3) is 0 Å². The summed E-state index contributed by atoms with van der Waals surface area (Å²) < 4.78 is 5.40. The lowest BCUT2D eigenvalue weighted by atomic mass is 9.98. The van der Waals surface area contributed by atoms with Gasteiger partial charge in [-0.15, -0.1) is 0 Å². The average Bonchev–Trinajstić information content (AvgIpc) is 3.10. The number of aromatic amines is 1. The topological polar surface area (TPSA) is 45.3 Å². The minimum Gasteiger partial charge on any atom is -0.378 e. The van der Waals surface area contributed by atoms with Crippen molar-refractivity contribution in [3.8, 4) is 0 Å². The number of carbonyl (C=O) groups is 1. The molecular weight excluding hydrogens is 300 g/mol. The maximum Gasteiger partial charge on any atom is 0.150 e. The fourth-order valence-electron chi connectivity index (χ4n) is 3.30. The Kier molecular flexibility index (Phi) is 4.05. The van der Waals surface area contributed by atoms with Gasteiger partial charge in [-0.1, -0.05) is 12.1 Å². The van der Waals surface area contributed by atoms with Gasteiger partial charge in [-0.2, -0.15) is 0 Å². The van der Waals surface area contributed by atoms with Crippen LogP contribution in [-0.4, -0.2) is 37.6 Å². The minimum absolute atomic E-state index is 0.745. The van der Waals surface area contributed by atoms with Crippen LogP contribution in [-0.2, 0) is 11.2 Å². The number of nitrogens with one attached hydrogen (secondary N) is 1. The van der Waals surface area contributed by atoms with Crippen molar-refractivity contribution < 1.29 is 9.53 Å². The molecule has 1 aliphatic heterocycles. The Morgan fingerprint density at radius 3 is 2.79 bits per heavy atom. The van der Waals surface area contributed by atoms with E-state index in [-0.39, 0.29) is 0 Å². The Labute approximate surface area is 141 Å². The molecule has 0 radical (unpaired) electrons. The van der Waals surface area contributed by atoms with Gasteiger partial charge < -0.3 is 14.6 Å². The van der Waals surface area contributed by atoms with Gasteiger partial charge in [0.15, 0.2) is 0 Å². The van der Waals surface area contributed by atoms with E-state index in [0.29, 0.717) is 0 Å². The Hall–Kier alpha value is -2.59. The number of morpholine rings is 1. The van der Waals surface area contributed by atoms with Gasteiger partial charge in [0.1, 0.15) is 6.29 Å². The maximum atomic E-state index is 11.6. The third kappa shape index (κ3) is 2.93. The molecule has 1 fully saturated rings. The fraction of sp³-hybridized carbons (Fsp3) is 0.250. The summed E-state index contributed by atoms with van der Waals surface area (Å²) in [7, 11) is 0. The van der Waals surface area contributed by atoms with Crippen LogP contribution in [0.2, 0.25) is 0 Å². The molecule has 2 aromatic carbocycles. The van der Waals surface area contributed by atoms with E-state index in [1.807, 2.05) is 12.3 Å². The normalized spacial score (nSPS) is 14.9. The minimum atomic E-state index is 0.745. The molecule has 24 heavy (non-hydrogen) atoms. The molecule has 0 amide bonds. The first-order chi connectivity index (χ1) is 11.8. The Morgan fingerprint density at radius 1 is 1.08 bits per heavy atom. The lowest BCUT2D eigenvalue weighted by molar-refractivity contribution is 0.112. The van der Waals surface area contributed by atoms with Crippen LogP contribution in [0.15, 0.2) is 48.7 Å². The van der Waals surface area contributed by atoms with E-state index < -0.39 is 0 Å². The summed E-state index contributed by atoms with van der Waals surface area (Å²) in [5, 5.41) is 1.20. The molecule has 122 valence electrons. The van der Waals surface area contributed by atoms with Gasteiger partial charge in [-0.3, -0.25) is 4.79 Å². The number of hydrogen-bond acceptors (Lipinski definition) is 3. The molecule has 0 aliphatic carbocycles. The van der Waals surface area contributed by atoms with Crippen LogP contribution in [0, 0.1) is 0 Å². The SMILES string of the molecule is O=Cc1cc(N2CCOCC2)ccc1Cc1ccc2[nH]ccc2c1. The zero-order valence-electron chi connectivity index (χ0n) is 13.5. The number of ether oxygens (including phenoxy) is 1. The van der Waals surface area contributed by atoms with Gasteiger partial charge >= 0.3 is 0 Å². The van der Waals surface area contributed by atoms with E-state index in [1.54, 1.807) is 0 Å². The third-order valence-electron chi connectivity index (χ3n) is 4.64. The van der Waals surface area contributed by atoms with Crippen molar-refractivity contribution in [2.45, 2.75) is 6.42 Å². The molecule has 4 heteroatoms. The molecule has 4 nitrogen and oxygen atoms in total. The van der Waals surface area contributed by atoms with Crippen molar-refractivity contribution in [1.29, 1.82) is 0 Å². The number of nitrogens with zero attached hydrogens (tertiary/aromatic N) is 1. The molecule has 0 bridgehead atoms. The molecule has 3 aromatic rings. The van der Waals surface area contributed by atoms with E-state index >= 15 is 0 Å². The van der Waals surface area contributed by atoms with Gasteiger partial charge in [0.05, 0.1) is 13.2 Å². The largest absolute Gasteiger partial charge is 0.378 e. The van der Waals surface area contributed by atoms with Crippen LogP contribution in [0.3, 0.4) is 0 Å². The molecule has 0 unspecified atom stereocenters. The van der Waals surface area contributed by atoms with Gasteiger partial charge in [-0.05, 0) is 53.3 Å². The maximum absolute atomic E-state index is 11.6. The van der Waals surface area contributed by atoms with Crippen LogP contribution < -0.4 is 4.90 Å². The summed E-state index contributed by atoms with van der Waals surface area (Å²) in [4.78, 5) is 17.1. The van der Waals surface area contributed by atoms with Crippen molar-refractivity contribution in [3.63, 3.8) is 0 Å². The molecule has 0 atom stereocenters. The standard InChI is InChI=1S/C20H20N2O2/c23-14-18-13-19(22-7-9-24-10-8-22)3-2-16(18)11-15-1-4-20-17(12-15)5-6-21-20/h1-6,12-14,21H,7-11H2. The number of aldehydes is 1. The molecule has 1 saturated heterocycles. The quantitative estimate of drug-likeness (QED) is 0.749. The van der Waals surface area contributed by atoms with Crippen LogP contribution in [0.25, 0.3) is 10.9 Å². The lowest BCUT2D eigenvalue weighted by Gasteiger charge is -2.29. The first-order valence-electron chi connectivity index (χ1n) is 8.30. The molecule has 2 heterocycles. The average molecular weight is 320 g/mol. The number of fused-ring (bicyclic) bond motifs is 1. The molecule has 0 spiro atoms. The van der Waals surface area contributed by atoms with Crippen molar-refractivity contribution in [2.75, 3.05) is 31.2 Å². The first kappa shape index (κ1) is 15.0. The smallest absolute Gasteiger partial charge is 0.150 e. The van der Waals surface area contributed by atoms with E-state index in [4.69, 9.17) is 4.74 Å². The Balaban J connectivity index is 1.60. The highest BCUT2D eigenvalue weighted by Gasteiger charge is 2.13. The highest BCUT2D eigenvalue weighted by atomic mass is 16.5. The summed E-state index contributed by atoms with van der Waals surface area (Å²) in [6, 6.07) is 14.6. The molecule has 1 N–H and O–H groups in total. The van der Waals surface area contributed by atoms with E-state index in [1.165, 1.54) is 10.9 Å². The molecule has 1 aliphatic rings. The Bertz CT molecular complexity index is 863. The fourth-order valence-corrected chi connectivity index (χ4v) is 3.30. The second-order valence-electron chi connectivity index (χ2n) is 6.18. The van der Waals surface area contributed by atoms with Gasteiger partial charge in [0.2, 0.25) is 0 Å². The van der Waals surface area contributed by atoms with Crippen LogP contribution in [0.1, 0.15) is 21.5 Å². The molecular formula is C20H20N2O2. The molecule has 4 rings (SSSR count). The zero-order valence-corrected chi connectivity index (χ0v) is 13.5. The summed E-state index contributed by atoms with van der Waals surface area (Å²) in [5.74, 6) is 0. The number of benzene rings is 2. The number of carbonyl (C=O) groups excluding carboxylic acids is 1. The van der Waals surface area contributed by atoms with Crippen LogP contribution in [0.5, 0.6) is 0 Å².